The molecule has 0 radical (unpaired) electrons. The maximum atomic E-state index is 12.5. The monoisotopic (exact) mass is 336 g/mol. The minimum Gasteiger partial charge on any atom is -0.373 e. The van der Waals surface area contributed by atoms with Crippen molar-refractivity contribution >= 4 is 5.91 Å². The predicted octanol–water partition coefficient (Wildman–Crippen LogP) is 2.19. The molecule has 3 saturated heterocycles. The molecule has 0 aromatic rings. The number of carbonyl (C=O) groups is 1. The zero-order valence-electron chi connectivity index (χ0n) is 14.9. The lowest BCUT2D eigenvalue weighted by Crippen LogP contribution is -2.50. The average molecular weight is 336 g/mol. The first kappa shape index (κ1) is 16.8. The smallest absolute Gasteiger partial charge is 0.248 e. The van der Waals surface area contributed by atoms with Crippen LogP contribution in [0, 0.1) is 0 Å². The van der Waals surface area contributed by atoms with Gasteiger partial charge in [-0.05, 0) is 58.0 Å². The van der Waals surface area contributed by atoms with E-state index in [2.05, 4.69) is 4.90 Å². The fourth-order valence-electron chi connectivity index (χ4n) is 5.10. The Morgan fingerprint density at radius 1 is 1.08 bits per heavy atom. The highest BCUT2D eigenvalue weighted by Gasteiger charge is 2.45. The fraction of sp³-hybridized carbons (Fsp3) is 0.947. The zero-order chi connectivity index (χ0) is 16.4. The molecular weight excluding hydrogens is 304 g/mol. The summed E-state index contributed by atoms with van der Waals surface area (Å²) in [5, 5.41) is 0. The van der Waals surface area contributed by atoms with Gasteiger partial charge in [0.15, 0.2) is 0 Å². The van der Waals surface area contributed by atoms with Crippen molar-refractivity contribution < 1.29 is 14.3 Å². The molecule has 2 atom stereocenters. The van der Waals surface area contributed by atoms with E-state index < -0.39 is 0 Å². The number of hydrogen-bond donors (Lipinski definition) is 0. The van der Waals surface area contributed by atoms with Crippen molar-refractivity contribution in [2.45, 2.75) is 75.5 Å². The van der Waals surface area contributed by atoms with Crippen molar-refractivity contribution in [3.63, 3.8) is 0 Å². The molecule has 0 bridgehead atoms. The zero-order valence-corrected chi connectivity index (χ0v) is 14.9. The van der Waals surface area contributed by atoms with Crippen LogP contribution in [-0.2, 0) is 14.3 Å². The normalized spacial score (nSPS) is 35.3. The van der Waals surface area contributed by atoms with E-state index in [4.69, 9.17) is 9.47 Å². The van der Waals surface area contributed by atoms with Crippen molar-refractivity contribution in [1.82, 2.24) is 9.80 Å². The minimum atomic E-state index is -0.0888. The SMILES string of the molecule is O=C(COC1CCCC1)N1CC[C@]2(C[C@@H](N3CCCC3)CCO2)C1. The summed E-state index contributed by atoms with van der Waals surface area (Å²) < 4.78 is 12.0. The van der Waals surface area contributed by atoms with Crippen LogP contribution in [0.1, 0.15) is 57.8 Å². The number of rotatable bonds is 4. The van der Waals surface area contributed by atoms with E-state index in [-0.39, 0.29) is 18.1 Å². The van der Waals surface area contributed by atoms with Crippen molar-refractivity contribution in [1.29, 1.82) is 0 Å². The molecule has 4 aliphatic rings. The highest BCUT2D eigenvalue weighted by Crippen LogP contribution is 2.37. The molecule has 0 aromatic heterocycles. The second-order valence-electron chi connectivity index (χ2n) is 8.20. The van der Waals surface area contributed by atoms with Gasteiger partial charge in [-0.2, -0.15) is 0 Å². The minimum absolute atomic E-state index is 0.0888. The Morgan fingerprint density at radius 2 is 1.88 bits per heavy atom. The van der Waals surface area contributed by atoms with Crippen molar-refractivity contribution in [3.05, 3.63) is 0 Å². The lowest BCUT2D eigenvalue weighted by Gasteiger charge is -2.41. The molecule has 136 valence electrons. The Labute approximate surface area is 145 Å². The Morgan fingerprint density at radius 3 is 2.67 bits per heavy atom. The third-order valence-corrected chi connectivity index (χ3v) is 6.54. The molecular formula is C19H32N2O3. The summed E-state index contributed by atoms with van der Waals surface area (Å²) in [4.78, 5) is 17.1. The molecule has 5 nitrogen and oxygen atoms in total. The van der Waals surface area contributed by atoms with Crippen LogP contribution in [0.3, 0.4) is 0 Å². The molecule has 1 spiro atoms. The number of nitrogens with zero attached hydrogens (tertiary/aromatic N) is 2. The maximum absolute atomic E-state index is 12.5. The van der Waals surface area contributed by atoms with E-state index in [9.17, 15) is 4.79 Å². The molecule has 5 heteroatoms. The van der Waals surface area contributed by atoms with E-state index in [1.807, 2.05) is 4.90 Å². The fourth-order valence-corrected chi connectivity index (χ4v) is 5.10. The molecule has 4 rings (SSSR count). The standard InChI is InChI=1S/C19H32N2O3/c22-18(14-23-17-5-1-2-6-17)21-11-8-19(15-21)13-16(7-12-24-19)20-9-3-4-10-20/h16-17H,1-15H2/t16-,19-/m0/s1. The first-order valence-corrected chi connectivity index (χ1v) is 10.0. The molecule has 3 heterocycles. The van der Waals surface area contributed by atoms with Gasteiger partial charge in [-0.15, -0.1) is 0 Å². The number of amides is 1. The quantitative estimate of drug-likeness (QED) is 0.789. The summed E-state index contributed by atoms with van der Waals surface area (Å²) in [5.41, 5.74) is -0.0888. The highest BCUT2D eigenvalue weighted by atomic mass is 16.5. The van der Waals surface area contributed by atoms with Crippen molar-refractivity contribution in [2.75, 3.05) is 39.4 Å². The maximum Gasteiger partial charge on any atom is 0.248 e. The number of carbonyl (C=O) groups excluding carboxylic acids is 1. The molecule has 0 unspecified atom stereocenters. The van der Waals surface area contributed by atoms with Crippen LogP contribution < -0.4 is 0 Å². The van der Waals surface area contributed by atoms with Crippen molar-refractivity contribution in [3.8, 4) is 0 Å². The van der Waals surface area contributed by atoms with E-state index in [1.54, 1.807) is 0 Å². The molecule has 4 fully saturated rings. The lowest BCUT2D eigenvalue weighted by molar-refractivity contribution is -0.140. The van der Waals surface area contributed by atoms with Gasteiger partial charge < -0.3 is 19.3 Å². The first-order chi connectivity index (χ1) is 11.7. The van der Waals surface area contributed by atoms with E-state index in [0.717, 1.165) is 51.8 Å². The molecule has 1 aliphatic carbocycles. The largest absolute Gasteiger partial charge is 0.373 e. The predicted molar refractivity (Wildman–Crippen MR) is 91.9 cm³/mol. The Bertz CT molecular complexity index is 446. The third kappa shape index (κ3) is 3.63. The van der Waals surface area contributed by atoms with Gasteiger partial charge in [-0.25, -0.2) is 0 Å². The van der Waals surface area contributed by atoms with Crippen LogP contribution in [0.25, 0.3) is 0 Å². The van der Waals surface area contributed by atoms with E-state index in [0.29, 0.717) is 12.1 Å². The second kappa shape index (κ2) is 7.30. The Balaban J connectivity index is 1.28. The first-order valence-electron chi connectivity index (χ1n) is 10.0. The molecule has 1 amide bonds. The molecule has 0 aromatic carbocycles. The van der Waals surface area contributed by atoms with Gasteiger partial charge in [0.2, 0.25) is 5.91 Å². The topological polar surface area (TPSA) is 42.0 Å². The van der Waals surface area contributed by atoms with Crippen LogP contribution in [0.15, 0.2) is 0 Å². The van der Waals surface area contributed by atoms with E-state index >= 15 is 0 Å². The molecule has 0 N–H and O–H groups in total. The van der Waals surface area contributed by atoms with Gasteiger partial charge in [0, 0.05) is 25.7 Å². The number of hydrogen-bond acceptors (Lipinski definition) is 4. The van der Waals surface area contributed by atoms with Crippen LogP contribution in [0.5, 0.6) is 0 Å². The second-order valence-corrected chi connectivity index (χ2v) is 8.20. The van der Waals surface area contributed by atoms with Crippen LogP contribution in [-0.4, -0.2) is 72.8 Å². The summed E-state index contributed by atoms with van der Waals surface area (Å²) in [6.07, 6.45) is 11.0. The number of ether oxygens (including phenoxy) is 2. The summed E-state index contributed by atoms with van der Waals surface area (Å²) >= 11 is 0. The number of likely N-dealkylation sites (tertiary alicyclic amines) is 2. The Kier molecular flexibility index (Phi) is 5.11. The Hall–Kier alpha value is -0.650. The van der Waals surface area contributed by atoms with Crippen LogP contribution >= 0.6 is 0 Å². The van der Waals surface area contributed by atoms with Crippen LogP contribution in [0.2, 0.25) is 0 Å². The summed E-state index contributed by atoms with van der Waals surface area (Å²) in [5.74, 6) is 0.158. The van der Waals surface area contributed by atoms with Gasteiger partial charge in [0.1, 0.15) is 6.61 Å². The van der Waals surface area contributed by atoms with Gasteiger partial charge in [0.05, 0.1) is 11.7 Å². The summed E-state index contributed by atoms with van der Waals surface area (Å²) in [6, 6.07) is 0.658. The van der Waals surface area contributed by atoms with E-state index in [1.165, 1.54) is 38.8 Å². The summed E-state index contributed by atoms with van der Waals surface area (Å²) in [6.45, 7) is 5.21. The third-order valence-electron chi connectivity index (χ3n) is 6.54. The van der Waals surface area contributed by atoms with Gasteiger partial charge in [0.25, 0.3) is 0 Å². The molecule has 3 aliphatic heterocycles. The van der Waals surface area contributed by atoms with Crippen molar-refractivity contribution in [2.24, 2.45) is 0 Å². The average Bonchev–Trinajstić information content (AvgIpc) is 3.35. The van der Waals surface area contributed by atoms with Gasteiger partial charge in [-0.3, -0.25) is 4.79 Å². The molecule has 24 heavy (non-hydrogen) atoms. The highest BCUT2D eigenvalue weighted by molar-refractivity contribution is 5.78. The summed E-state index contributed by atoms with van der Waals surface area (Å²) in [7, 11) is 0. The molecule has 1 saturated carbocycles. The van der Waals surface area contributed by atoms with Crippen LogP contribution in [0.4, 0.5) is 0 Å². The lowest BCUT2D eigenvalue weighted by atomic mass is 9.89. The van der Waals surface area contributed by atoms with Gasteiger partial charge >= 0.3 is 0 Å². The van der Waals surface area contributed by atoms with Gasteiger partial charge in [-0.1, -0.05) is 12.8 Å².